The summed E-state index contributed by atoms with van der Waals surface area (Å²) in [5, 5.41) is 8.51. The third-order valence-corrected chi connectivity index (χ3v) is 4.87. The molecule has 0 saturated heterocycles. The summed E-state index contributed by atoms with van der Waals surface area (Å²) in [4.78, 5) is 20.2. The third-order valence-electron chi connectivity index (χ3n) is 3.85. The lowest BCUT2D eigenvalue weighted by molar-refractivity contribution is -0.131. The van der Waals surface area contributed by atoms with E-state index in [0.29, 0.717) is 32.7 Å². The summed E-state index contributed by atoms with van der Waals surface area (Å²) in [5.74, 6) is 0.938. The van der Waals surface area contributed by atoms with Gasteiger partial charge in [-0.2, -0.15) is 0 Å². The number of carbonyl (C=O) groups excluding carboxylic acids is 1. The quantitative estimate of drug-likeness (QED) is 0.424. The smallest absolute Gasteiger partial charge is 0.224 e. The van der Waals surface area contributed by atoms with Crippen LogP contribution in [0.5, 0.6) is 0 Å². The lowest BCUT2D eigenvalue weighted by Crippen LogP contribution is -2.41. The maximum absolute atomic E-state index is 12.4. The fraction of sp³-hybridized carbons (Fsp3) is 0.647. The molecule has 1 aliphatic rings. The van der Waals surface area contributed by atoms with Crippen LogP contribution in [0, 0.1) is 0 Å². The lowest BCUT2D eigenvalue weighted by atomic mass is 10.1. The Labute approximate surface area is 148 Å². The molecule has 134 valence electrons. The van der Waals surface area contributed by atoms with E-state index in [1.807, 2.05) is 18.7 Å². The first kappa shape index (κ1) is 18.7. The minimum absolute atomic E-state index is 0.199. The van der Waals surface area contributed by atoms with Crippen LogP contribution in [-0.2, 0) is 22.5 Å². The van der Waals surface area contributed by atoms with E-state index in [0.717, 1.165) is 32.0 Å². The Morgan fingerprint density at radius 2 is 2.29 bits per heavy atom. The molecule has 0 unspecified atom stereocenters. The molecule has 0 aromatic carbocycles. The van der Waals surface area contributed by atoms with Crippen molar-refractivity contribution < 1.29 is 9.53 Å². The summed E-state index contributed by atoms with van der Waals surface area (Å²) in [7, 11) is 0. The summed E-state index contributed by atoms with van der Waals surface area (Å²) in [6, 6.07) is 2.13. The van der Waals surface area contributed by atoms with Crippen molar-refractivity contribution in [3.63, 3.8) is 0 Å². The first-order valence-corrected chi connectivity index (χ1v) is 9.55. The van der Waals surface area contributed by atoms with Gasteiger partial charge in [0, 0.05) is 44.1 Å². The second kappa shape index (κ2) is 10.3. The van der Waals surface area contributed by atoms with E-state index in [9.17, 15) is 4.79 Å². The monoisotopic (exact) mass is 352 g/mol. The number of nitrogens with one attached hydrogen (secondary N) is 2. The first-order chi connectivity index (χ1) is 11.7. The molecule has 0 radical (unpaired) electrons. The van der Waals surface area contributed by atoms with Gasteiger partial charge in [0.1, 0.15) is 0 Å². The van der Waals surface area contributed by atoms with Gasteiger partial charge in [0.15, 0.2) is 5.96 Å². The molecule has 2 heterocycles. The van der Waals surface area contributed by atoms with Gasteiger partial charge in [-0.3, -0.25) is 9.79 Å². The van der Waals surface area contributed by atoms with Crippen molar-refractivity contribution in [2.45, 2.75) is 33.2 Å². The van der Waals surface area contributed by atoms with Crippen molar-refractivity contribution in [1.82, 2.24) is 15.5 Å². The van der Waals surface area contributed by atoms with E-state index in [-0.39, 0.29) is 5.91 Å². The summed E-state index contributed by atoms with van der Waals surface area (Å²) in [5.41, 5.74) is 1.30. The Hall–Kier alpha value is -1.60. The van der Waals surface area contributed by atoms with Crippen LogP contribution in [0.2, 0.25) is 0 Å². The number of amides is 1. The lowest BCUT2D eigenvalue weighted by Gasteiger charge is -2.27. The Morgan fingerprint density at radius 1 is 1.42 bits per heavy atom. The number of thiophene rings is 1. The molecule has 24 heavy (non-hydrogen) atoms. The van der Waals surface area contributed by atoms with Crippen LogP contribution < -0.4 is 10.6 Å². The molecular formula is C17H28N4O2S. The zero-order chi connectivity index (χ0) is 17.2. The normalized spacial score (nSPS) is 14.4. The highest BCUT2D eigenvalue weighted by atomic mass is 32.1. The fourth-order valence-corrected chi connectivity index (χ4v) is 3.51. The Balaban J connectivity index is 1.72. The number of ether oxygens (including phenoxy) is 1. The third kappa shape index (κ3) is 5.79. The summed E-state index contributed by atoms with van der Waals surface area (Å²) in [6.45, 7) is 8.89. The van der Waals surface area contributed by atoms with E-state index in [1.54, 1.807) is 11.3 Å². The van der Waals surface area contributed by atoms with Crippen LogP contribution in [0.1, 0.15) is 30.7 Å². The summed E-state index contributed by atoms with van der Waals surface area (Å²) >= 11 is 1.79. The molecule has 1 aromatic rings. The van der Waals surface area contributed by atoms with Gasteiger partial charge in [0.25, 0.3) is 0 Å². The van der Waals surface area contributed by atoms with Gasteiger partial charge in [0.05, 0.1) is 13.2 Å². The highest BCUT2D eigenvalue weighted by Crippen LogP contribution is 2.24. The van der Waals surface area contributed by atoms with E-state index < -0.39 is 0 Å². The number of rotatable bonds is 8. The van der Waals surface area contributed by atoms with Gasteiger partial charge < -0.3 is 20.3 Å². The predicted octanol–water partition coefficient (Wildman–Crippen LogP) is 1.61. The molecule has 0 aliphatic carbocycles. The van der Waals surface area contributed by atoms with Crippen molar-refractivity contribution in [2.75, 3.05) is 39.4 Å². The van der Waals surface area contributed by atoms with E-state index >= 15 is 0 Å². The molecule has 1 amide bonds. The van der Waals surface area contributed by atoms with Gasteiger partial charge in [-0.15, -0.1) is 11.3 Å². The molecule has 0 fully saturated rings. The fourth-order valence-electron chi connectivity index (χ4n) is 2.62. The minimum Gasteiger partial charge on any atom is -0.380 e. The van der Waals surface area contributed by atoms with Gasteiger partial charge in [0.2, 0.25) is 5.91 Å². The molecule has 0 atom stereocenters. The van der Waals surface area contributed by atoms with Crippen LogP contribution in [0.25, 0.3) is 0 Å². The van der Waals surface area contributed by atoms with Crippen molar-refractivity contribution >= 4 is 23.2 Å². The first-order valence-electron chi connectivity index (χ1n) is 8.67. The number of nitrogens with zero attached hydrogens (tertiary/aromatic N) is 2. The Bertz CT molecular complexity index is 544. The van der Waals surface area contributed by atoms with Crippen LogP contribution in [-0.4, -0.2) is 56.2 Å². The summed E-state index contributed by atoms with van der Waals surface area (Å²) in [6.07, 6.45) is 1.46. The molecule has 0 saturated carbocycles. The highest BCUT2D eigenvalue weighted by Gasteiger charge is 2.20. The number of guanidine groups is 1. The zero-order valence-corrected chi connectivity index (χ0v) is 15.5. The zero-order valence-electron chi connectivity index (χ0n) is 14.6. The number of hydrogen-bond acceptors (Lipinski definition) is 4. The average molecular weight is 353 g/mol. The second-order valence-electron chi connectivity index (χ2n) is 5.57. The molecule has 1 aliphatic heterocycles. The molecule has 0 bridgehead atoms. The number of hydrogen-bond donors (Lipinski definition) is 2. The standard InChI is InChI=1S/C17H28N4O2S/c1-3-18-17(20-9-11-23-4-2)19-8-5-16(22)21-10-6-15-14(13-21)7-12-24-15/h7,12H,3-6,8-11,13H2,1-2H3,(H2,18,19,20). The van der Waals surface area contributed by atoms with Crippen LogP contribution in [0.15, 0.2) is 16.4 Å². The van der Waals surface area contributed by atoms with Gasteiger partial charge in [-0.25, -0.2) is 0 Å². The SMILES string of the molecule is CCNC(=NCCOCC)NCCC(=O)N1CCc2sccc2C1. The largest absolute Gasteiger partial charge is 0.380 e. The van der Waals surface area contributed by atoms with E-state index in [2.05, 4.69) is 27.1 Å². The van der Waals surface area contributed by atoms with Crippen molar-refractivity contribution in [3.8, 4) is 0 Å². The van der Waals surface area contributed by atoms with Crippen molar-refractivity contribution in [1.29, 1.82) is 0 Å². The average Bonchev–Trinajstić information content (AvgIpc) is 3.06. The highest BCUT2D eigenvalue weighted by molar-refractivity contribution is 7.10. The molecular weight excluding hydrogens is 324 g/mol. The Morgan fingerprint density at radius 3 is 3.08 bits per heavy atom. The second-order valence-corrected chi connectivity index (χ2v) is 6.57. The van der Waals surface area contributed by atoms with Crippen molar-refractivity contribution in [3.05, 3.63) is 21.9 Å². The topological polar surface area (TPSA) is 66.0 Å². The maximum atomic E-state index is 12.4. The van der Waals surface area contributed by atoms with Gasteiger partial charge in [-0.05, 0) is 37.3 Å². The van der Waals surface area contributed by atoms with Crippen LogP contribution >= 0.6 is 11.3 Å². The van der Waals surface area contributed by atoms with Crippen molar-refractivity contribution in [2.24, 2.45) is 4.99 Å². The van der Waals surface area contributed by atoms with E-state index in [1.165, 1.54) is 10.4 Å². The molecule has 6 nitrogen and oxygen atoms in total. The molecule has 0 spiro atoms. The number of aliphatic imine (C=N–C) groups is 1. The molecule has 1 aromatic heterocycles. The van der Waals surface area contributed by atoms with Crippen LogP contribution in [0.3, 0.4) is 0 Å². The number of fused-ring (bicyclic) bond motifs is 1. The minimum atomic E-state index is 0.199. The van der Waals surface area contributed by atoms with Crippen LogP contribution in [0.4, 0.5) is 0 Å². The molecule has 2 rings (SSSR count). The molecule has 2 N–H and O–H groups in total. The van der Waals surface area contributed by atoms with Gasteiger partial charge >= 0.3 is 0 Å². The molecule has 7 heteroatoms. The maximum Gasteiger partial charge on any atom is 0.224 e. The van der Waals surface area contributed by atoms with E-state index in [4.69, 9.17) is 4.74 Å². The Kier molecular flexibility index (Phi) is 8.04. The number of carbonyl (C=O) groups is 1. The summed E-state index contributed by atoms with van der Waals surface area (Å²) < 4.78 is 5.28. The van der Waals surface area contributed by atoms with Gasteiger partial charge in [-0.1, -0.05) is 0 Å². The predicted molar refractivity (Wildman–Crippen MR) is 98.5 cm³/mol.